The van der Waals surface area contributed by atoms with Crippen LogP contribution in [0.1, 0.15) is 38.1 Å². The van der Waals surface area contributed by atoms with Gasteiger partial charge in [-0.15, -0.1) is 0 Å². The molecule has 0 aromatic carbocycles. The van der Waals surface area contributed by atoms with Crippen LogP contribution in [-0.2, 0) is 29.4 Å². The van der Waals surface area contributed by atoms with Gasteiger partial charge in [0.2, 0.25) is 5.95 Å². The molecule has 124 valence electrons. The van der Waals surface area contributed by atoms with Crippen molar-refractivity contribution < 1.29 is 8.42 Å². The number of anilines is 1. The second-order valence-electron chi connectivity index (χ2n) is 5.79. The van der Waals surface area contributed by atoms with E-state index < -0.39 is 10.0 Å². The van der Waals surface area contributed by atoms with Crippen molar-refractivity contribution in [3.8, 4) is 0 Å². The van der Waals surface area contributed by atoms with Gasteiger partial charge in [-0.1, -0.05) is 13.8 Å². The lowest BCUT2D eigenvalue weighted by molar-refractivity contribution is 0.539. The Labute approximate surface area is 136 Å². The number of sulfonamides is 1. The van der Waals surface area contributed by atoms with Crippen LogP contribution in [0.3, 0.4) is 0 Å². The zero-order valence-corrected chi connectivity index (χ0v) is 14.2. The molecule has 1 fully saturated rings. The summed E-state index contributed by atoms with van der Waals surface area (Å²) in [5.41, 5.74) is 0.958. The van der Waals surface area contributed by atoms with Gasteiger partial charge in [0, 0.05) is 25.4 Å². The summed E-state index contributed by atoms with van der Waals surface area (Å²) in [4.78, 5) is 12.4. The van der Waals surface area contributed by atoms with E-state index in [0.717, 1.165) is 30.7 Å². The monoisotopic (exact) mass is 335 g/mol. The van der Waals surface area contributed by atoms with Gasteiger partial charge in [-0.05, 0) is 30.7 Å². The summed E-state index contributed by atoms with van der Waals surface area (Å²) in [5, 5.41) is 0.185. The zero-order valence-electron chi connectivity index (χ0n) is 13.4. The molecule has 1 saturated carbocycles. The SMILES string of the molecule is CCc1cnc(NS(=O)(=O)c2cnc(CC)n2CC2CC2)nc1. The van der Waals surface area contributed by atoms with Crippen LogP contribution in [0.2, 0.25) is 0 Å². The lowest BCUT2D eigenvalue weighted by Crippen LogP contribution is -2.20. The standard InChI is InChI=1S/C15H21N5O2S/c1-3-11-7-17-15(18-8-11)19-23(21,22)14-9-16-13(4-2)20(14)10-12-5-6-12/h7-9,12H,3-6,10H2,1-2H3,(H,17,18,19). The van der Waals surface area contributed by atoms with E-state index in [-0.39, 0.29) is 11.0 Å². The third-order valence-electron chi connectivity index (χ3n) is 3.97. The first kappa shape index (κ1) is 15.9. The van der Waals surface area contributed by atoms with Gasteiger partial charge in [-0.3, -0.25) is 0 Å². The first-order valence-corrected chi connectivity index (χ1v) is 9.40. The molecule has 1 N–H and O–H groups in total. The van der Waals surface area contributed by atoms with E-state index in [2.05, 4.69) is 19.7 Å². The molecule has 7 nitrogen and oxygen atoms in total. The van der Waals surface area contributed by atoms with Crippen molar-refractivity contribution in [3.05, 3.63) is 30.0 Å². The summed E-state index contributed by atoms with van der Waals surface area (Å²) in [6, 6.07) is 0. The second-order valence-corrected chi connectivity index (χ2v) is 7.42. The highest BCUT2D eigenvalue weighted by atomic mass is 32.2. The minimum Gasteiger partial charge on any atom is -0.317 e. The number of hydrogen-bond acceptors (Lipinski definition) is 5. The molecular formula is C15H21N5O2S. The molecule has 0 bridgehead atoms. The van der Waals surface area contributed by atoms with E-state index in [1.807, 2.05) is 13.8 Å². The van der Waals surface area contributed by atoms with Crippen LogP contribution in [0.5, 0.6) is 0 Å². The molecule has 0 unspecified atom stereocenters. The van der Waals surface area contributed by atoms with Crippen LogP contribution in [0.25, 0.3) is 0 Å². The van der Waals surface area contributed by atoms with Crippen LogP contribution in [-0.4, -0.2) is 27.9 Å². The van der Waals surface area contributed by atoms with E-state index in [9.17, 15) is 8.42 Å². The molecule has 0 atom stereocenters. The Morgan fingerprint density at radius 3 is 2.39 bits per heavy atom. The fourth-order valence-electron chi connectivity index (χ4n) is 2.41. The van der Waals surface area contributed by atoms with Gasteiger partial charge in [-0.2, -0.15) is 8.42 Å². The van der Waals surface area contributed by atoms with Crippen molar-refractivity contribution in [2.75, 3.05) is 4.72 Å². The van der Waals surface area contributed by atoms with Gasteiger partial charge in [-0.25, -0.2) is 19.7 Å². The second kappa shape index (κ2) is 6.27. The molecule has 0 radical (unpaired) electrons. The van der Waals surface area contributed by atoms with Gasteiger partial charge in [0.05, 0.1) is 6.20 Å². The zero-order chi connectivity index (χ0) is 16.4. The number of rotatable bonds is 7. The molecular weight excluding hydrogens is 314 g/mol. The van der Waals surface area contributed by atoms with Crippen LogP contribution >= 0.6 is 0 Å². The Morgan fingerprint density at radius 1 is 1.13 bits per heavy atom. The highest BCUT2D eigenvalue weighted by molar-refractivity contribution is 7.92. The fourth-order valence-corrected chi connectivity index (χ4v) is 3.52. The van der Waals surface area contributed by atoms with Gasteiger partial charge in [0.25, 0.3) is 10.0 Å². The number of hydrogen-bond donors (Lipinski definition) is 1. The van der Waals surface area contributed by atoms with Crippen molar-refractivity contribution >= 4 is 16.0 Å². The molecule has 2 aromatic rings. The Bertz CT molecular complexity index is 779. The van der Waals surface area contributed by atoms with Crippen molar-refractivity contribution in [1.82, 2.24) is 19.5 Å². The first-order chi connectivity index (χ1) is 11.0. The van der Waals surface area contributed by atoms with Crippen molar-refractivity contribution in [1.29, 1.82) is 0 Å². The first-order valence-electron chi connectivity index (χ1n) is 7.91. The number of aromatic nitrogens is 4. The normalized spacial score (nSPS) is 14.9. The van der Waals surface area contributed by atoms with Crippen molar-refractivity contribution in [3.63, 3.8) is 0 Å². The molecule has 0 aliphatic heterocycles. The van der Waals surface area contributed by atoms with E-state index in [1.165, 1.54) is 6.20 Å². The molecule has 0 amide bonds. The Kier molecular flexibility index (Phi) is 4.34. The molecule has 2 heterocycles. The van der Waals surface area contributed by atoms with Crippen LogP contribution in [0, 0.1) is 5.92 Å². The largest absolute Gasteiger partial charge is 0.317 e. The van der Waals surface area contributed by atoms with Gasteiger partial charge in [0.1, 0.15) is 5.82 Å². The number of nitrogens with zero attached hydrogens (tertiary/aromatic N) is 4. The molecule has 0 saturated heterocycles. The topological polar surface area (TPSA) is 89.8 Å². The summed E-state index contributed by atoms with van der Waals surface area (Å²) in [6.07, 6.45) is 8.48. The molecule has 0 spiro atoms. The summed E-state index contributed by atoms with van der Waals surface area (Å²) in [5.74, 6) is 1.43. The molecule has 1 aliphatic rings. The third-order valence-corrected chi connectivity index (χ3v) is 5.30. The van der Waals surface area contributed by atoms with Gasteiger partial charge < -0.3 is 4.57 Å². The summed E-state index contributed by atoms with van der Waals surface area (Å²) < 4.78 is 29.6. The van der Waals surface area contributed by atoms with Crippen molar-refractivity contribution in [2.24, 2.45) is 5.92 Å². The average molecular weight is 335 g/mol. The van der Waals surface area contributed by atoms with Crippen LogP contribution in [0.4, 0.5) is 5.95 Å². The van der Waals surface area contributed by atoms with E-state index >= 15 is 0 Å². The van der Waals surface area contributed by atoms with Crippen LogP contribution in [0.15, 0.2) is 23.6 Å². The third kappa shape index (κ3) is 3.52. The molecule has 2 aromatic heterocycles. The highest BCUT2D eigenvalue weighted by Crippen LogP contribution is 2.32. The lowest BCUT2D eigenvalue weighted by atomic mass is 10.3. The molecule has 23 heavy (non-hydrogen) atoms. The minimum atomic E-state index is -3.75. The molecule has 1 aliphatic carbocycles. The Balaban J connectivity index is 1.87. The summed E-state index contributed by atoms with van der Waals surface area (Å²) >= 11 is 0. The highest BCUT2D eigenvalue weighted by Gasteiger charge is 2.28. The van der Waals surface area contributed by atoms with E-state index in [0.29, 0.717) is 18.9 Å². The maximum atomic E-state index is 12.7. The fraction of sp³-hybridized carbons (Fsp3) is 0.533. The maximum absolute atomic E-state index is 12.7. The maximum Gasteiger partial charge on any atom is 0.281 e. The quantitative estimate of drug-likeness (QED) is 0.836. The average Bonchev–Trinajstić information content (AvgIpc) is 3.25. The molecule has 8 heteroatoms. The minimum absolute atomic E-state index is 0.0828. The molecule has 3 rings (SSSR count). The predicted octanol–water partition coefficient (Wildman–Crippen LogP) is 2.01. The summed E-state index contributed by atoms with van der Waals surface area (Å²) in [7, 11) is -3.75. The lowest BCUT2D eigenvalue weighted by Gasteiger charge is -2.12. The van der Waals surface area contributed by atoms with Crippen LogP contribution < -0.4 is 4.72 Å². The van der Waals surface area contributed by atoms with Gasteiger partial charge >= 0.3 is 0 Å². The number of nitrogens with one attached hydrogen (secondary N) is 1. The number of imidazole rings is 1. The number of aryl methyl sites for hydroxylation is 2. The van der Waals surface area contributed by atoms with E-state index in [1.54, 1.807) is 17.0 Å². The Morgan fingerprint density at radius 2 is 1.83 bits per heavy atom. The van der Waals surface area contributed by atoms with Gasteiger partial charge in [0.15, 0.2) is 5.03 Å². The van der Waals surface area contributed by atoms with Crippen molar-refractivity contribution in [2.45, 2.75) is 51.1 Å². The van der Waals surface area contributed by atoms with E-state index in [4.69, 9.17) is 0 Å². The predicted molar refractivity (Wildman–Crippen MR) is 86.5 cm³/mol. The Hall–Kier alpha value is -1.96. The summed E-state index contributed by atoms with van der Waals surface area (Å²) in [6.45, 7) is 4.67. The smallest absolute Gasteiger partial charge is 0.281 e.